The van der Waals surface area contributed by atoms with Crippen LogP contribution in [0, 0.1) is 5.82 Å². The molecule has 1 N–H and O–H groups in total. The minimum Gasteiger partial charge on any atom is -0.341 e. The minimum absolute atomic E-state index is 0.0635. The molecule has 6 heteroatoms. The van der Waals surface area contributed by atoms with E-state index in [1.165, 1.54) is 24.4 Å². The molecule has 2 atom stereocenters. The minimum atomic E-state index is -0.585. The molecule has 0 radical (unpaired) electrons. The van der Waals surface area contributed by atoms with E-state index in [2.05, 4.69) is 10.3 Å². The molecule has 1 aromatic heterocycles. The molecule has 0 saturated carbocycles. The van der Waals surface area contributed by atoms with Crippen molar-refractivity contribution in [3.05, 3.63) is 35.9 Å². The first-order valence-corrected chi connectivity index (χ1v) is 7.87. The van der Waals surface area contributed by atoms with Crippen molar-refractivity contribution in [2.75, 3.05) is 6.54 Å². The van der Waals surface area contributed by atoms with E-state index < -0.39 is 11.9 Å². The maximum absolute atomic E-state index is 13.0. The van der Waals surface area contributed by atoms with Gasteiger partial charge in [0.1, 0.15) is 11.9 Å². The zero-order valence-electron chi connectivity index (χ0n) is 13.5. The van der Waals surface area contributed by atoms with Crippen molar-refractivity contribution in [1.29, 1.82) is 0 Å². The molecule has 1 aliphatic rings. The normalized spacial score (nSPS) is 19.6. The number of halogens is 1. The van der Waals surface area contributed by atoms with Crippen LogP contribution >= 0.6 is 0 Å². The van der Waals surface area contributed by atoms with Crippen LogP contribution in [0.2, 0.25) is 0 Å². The summed E-state index contributed by atoms with van der Waals surface area (Å²) in [6, 6.07) is 0.906. The molecule has 0 spiro atoms. The molecule has 124 valence electrons. The third-order valence-electron chi connectivity index (χ3n) is 3.97. The van der Waals surface area contributed by atoms with Gasteiger partial charge >= 0.3 is 0 Å². The second-order valence-electron chi connectivity index (χ2n) is 5.88. The second-order valence-corrected chi connectivity index (χ2v) is 5.88. The van der Waals surface area contributed by atoms with Gasteiger partial charge in [-0.1, -0.05) is 0 Å². The summed E-state index contributed by atoms with van der Waals surface area (Å²) < 4.78 is 13.0. The van der Waals surface area contributed by atoms with Crippen molar-refractivity contribution in [3.8, 4) is 0 Å². The molecule has 0 unspecified atom stereocenters. The van der Waals surface area contributed by atoms with E-state index in [9.17, 15) is 14.0 Å². The van der Waals surface area contributed by atoms with Crippen LogP contribution in [0.15, 0.2) is 24.5 Å². The molecule has 0 bridgehead atoms. The average Bonchev–Trinajstić information content (AvgIpc) is 2.53. The Hall–Kier alpha value is -2.24. The van der Waals surface area contributed by atoms with E-state index >= 15 is 0 Å². The Morgan fingerprint density at radius 1 is 1.43 bits per heavy atom. The van der Waals surface area contributed by atoms with Crippen LogP contribution in [0.25, 0.3) is 6.08 Å². The summed E-state index contributed by atoms with van der Waals surface area (Å²) in [6.45, 7) is 4.45. The number of nitrogens with zero attached hydrogens (tertiary/aromatic N) is 2. The number of likely N-dealkylation sites (tertiary alicyclic amines) is 1. The Morgan fingerprint density at radius 3 is 2.91 bits per heavy atom. The van der Waals surface area contributed by atoms with Crippen LogP contribution < -0.4 is 5.32 Å². The largest absolute Gasteiger partial charge is 0.341 e. The molecule has 23 heavy (non-hydrogen) atoms. The van der Waals surface area contributed by atoms with E-state index in [0.29, 0.717) is 5.56 Å². The molecule has 2 amide bonds. The molecule has 2 rings (SSSR count). The topological polar surface area (TPSA) is 62.3 Å². The molecule has 5 nitrogen and oxygen atoms in total. The highest BCUT2D eigenvalue weighted by molar-refractivity contribution is 5.95. The van der Waals surface area contributed by atoms with Gasteiger partial charge in [0.05, 0.1) is 6.20 Å². The third kappa shape index (κ3) is 4.87. The lowest BCUT2D eigenvalue weighted by Gasteiger charge is -2.35. The number of pyridine rings is 1. The van der Waals surface area contributed by atoms with Gasteiger partial charge in [-0.15, -0.1) is 0 Å². The summed E-state index contributed by atoms with van der Waals surface area (Å²) in [7, 11) is 0. The number of amides is 2. The second kappa shape index (κ2) is 7.85. The van der Waals surface area contributed by atoms with Crippen LogP contribution in [0.5, 0.6) is 0 Å². The fraction of sp³-hybridized carbons (Fsp3) is 0.471. The molecule has 1 aliphatic heterocycles. The molecule has 1 aromatic rings. The number of carbonyl (C=O) groups is 2. The van der Waals surface area contributed by atoms with Crippen molar-refractivity contribution >= 4 is 17.9 Å². The number of rotatable bonds is 4. The first-order valence-electron chi connectivity index (χ1n) is 7.87. The molecule has 2 heterocycles. The predicted octanol–water partition coefficient (Wildman–Crippen LogP) is 2.14. The van der Waals surface area contributed by atoms with Gasteiger partial charge in [0.15, 0.2) is 0 Å². The Labute approximate surface area is 135 Å². The maximum atomic E-state index is 13.0. The van der Waals surface area contributed by atoms with Crippen LogP contribution in [0.4, 0.5) is 4.39 Å². The van der Waals surface area contributed by atoms with Crippen molar-refractivity contribution in [2.45, 2.75) is 45.2 Å². The van der Waals surface area contributed by atoms with Crippen LogP contribution in [0.3, 0.4) is 0 Å². The van der Waals surface area contributed by atoms with Crippen LogP contribution in [-0.4, -0.2) is 40.3 Å². The Kier molecular flexibility index (Phi) is 5.84. The highest BCUT2D eigenvalue weighted by Crippen LogP contribution is 2.17. The standard InChI is InChI=1S/C17H22FN3O2/c1-12-5-3-4-8-21(12)17(23)13(2)20-16(22)7-6-14-9-15(18)11-19-10-14/h6-7,9-13H,3-5,8H2,1-2H3,(H,20,22)/b7-6+/t12-,13+/m0/s1. The van der Waals surface area contributed by atoms with Crippen LogP contribution in [-0.2, 0) is 9.59 Å². The summed E-state index contributed by atoms with van der Waals surface area (Å²) in [6.07, 6.45) is 8.43. The number of aromatic nitrogens is 1. The lowest BCUT2D eigenvalue weighted by atomic mass is 10.0. The Bertz CT molecular complexity index is 603. The number of hydrogen-bond acceptors (Lipinski definition) is 3. The first kappa shape index (κ1) is 17.1. The van der Waals surface area contributed by atoms with Gasteiger partial charge in [0.2, 0.25) is 11.8 Å². The van der Waals surface area contributed by atoms with Gasteiger partial charge in [-0.05, 0) is 50.8 Å². The monoisotopic (exact) mass is 319 g/mol. The van der Waals surface area contributed by atoms with E-state index in [1.807, 2.05) is 11.8 Å². The maximum Gasteiger partial charge on any atom is 0.245 e. The van der Waals surface area contributed by atoms with E-state index in [0.717, 1.165) is 32.0 Å². The average molecular weight is 319 g/mol. The van der Waals surface area contributed by atoms with Crippen molar-refractivity contribution in [2.24, 2.45) is 0 Å². The van der Waals surface area contributed by atoms with Crippen molar-refractivity contribution < 1.29 is 14.0 Å². The summed E-state index contributed by atoms with van der Waals surface area (Å²) in [5, 5.41) is 2.65. The molecule has 1 saturated heterocycles. The summed E-state index contributed by atoms with van der Waals surface area (Å²) in [5.41, 5.74) is 0.490. The summed E-state index contributed by atoms with van der Waals surface area (Å²) in [4.78, 5) is 29.8. The quantitative estimate of drug-likeness (QED) is 0.865. The van der Waals surface area contributed by atoms with Gasteiger partial charge in [0.25, 0.3) is 0 Å². The number of piperidine rings is 1. The fourth-order valence-electron chi connectivity index (χ4n) is 2.69. The van der Waals surface area contributed by atoms with Gasteiger partial charge in [-0.2, -0.15) is 0 Å². The lowest BCUT2D eigenvalue weighted by molar-refractivity contribution is -0.138. The SMILES string of the molecule is C[C@@H](NC(=O)/C=C/c1cncc(F)c1)C(=O)N1CCCC[C@@H]1C. The molecular formula is C17H22FN3O2. The molecule has 0 aromatic carbocycles. The highest BCUT2D eigenvalue weighted by Gasteiger charge is 2.27. The smallest absolute Gasteiger partial charge is 0.245 e. The van der Waals surface area contributed by atoms with Crippen LogP contribution in [0.1, 0.15) is 38.7 Å². The van der Waals surface area contributed by atoms with Crippen molar-refractivity contribution in [1.82, 2.24) is 15.2 Å². The highest BCUT2D eigenvalue weighted by atomic mass is 19.1. The zero-order chi connectivity index (χ0) is 16.8. The predicted molar refractivity (Wildman–Crippen MR) is 85.9 cm³/mol. The Morgan fingerprint density at radius 2 is 2.22 bits per heavy atom. The van der Waals surface area contributed by atoms with Crippen molar-refractivity contribution in [3.63, 3.8) is 0 Å². The van der Waals surface area contributed by atoms with Gasteiger partial charge in [-0.25, -0.2) is 4.39 Å². The number of hydrogen-bond donors (Lipinski definition) is 1. The Balaban J connectivity index is 1.90. The number of nitrogens with one attached hydrogen (secondary N) is 1. The first-order chi connectivity index (χ1) is 11.0. The molecule has 0 aliphatic carbocycles. The number of carbonyl (C=O) groups excluding carboxylic acids is 2. The van der Waals surface area contributed by atoms with E-state index in [4.69, 9.17) is 0 Å². The van der Waals surface area contributed by atoms with E-state index in [1.54, 1.807) is 6.92 Å². The van der Waals surface area contributed by atoms with E-state index in [-0.39, 0.29) is 17.9 Å². The van der Waals surface area contributed by atoms with Gasteiger partial charge in [0, 0.05) is 24.9 Å². The third-order valence-corrected chi connectivity index (χ3v) is 3.97. The lowest BCUT2D eigenvalue weighted by Crippen LogP contribution is -2.51. The van der Waals surface area contributed by atoms with Gasteiger partial charge in [-0.3, -0.25) is 14.6 Å². The molecular weight excluding hydrogens is 297 g/mol. The molecule has 1 fully saturated rings. The summed E-state index contributed by atoms with van der Waals surface area (Å²) in [5.74, 6) is -0.915. The zero-order valence-corrected chi connectivity index (χ0v) is 13.5. The summed E-state index contributed by atoms with van der Waals surface area (Å²) >= 11 is 0. The van der Waals surface area contributed by atoms with Gasteiger partial charge < -0.3 is 10.2 Å². The fourth-order valence-corrected chi connectivity index (χ4v) is 2.69.